The molecule has 0 saturated carbocycles. The molecule has 1 atom stereocenters. The highest BCUT2D eigenvalue weighted by Crippen LogP contribution is 2.35. The summed E-state index contributed by atoms with van der Waals surface area (Å²) in [6.07, 6.45) is 1.01. The molecule has 1 amide bonds. The van der Waals surface area contributed by atoms with Crippen molar-refractivity contribution in [3.63, 3.8) is 0 Å². The zero-order valence-corrected chi connectivity index (χ0v) is 11.3. The van der Waals surface area contributed by atoms with E-state index in [9.17, 15) is 4.79 Å². The van der Waals surface area contributed by atoms with Crippen molar-refractivity contribution in [3.8, 4) is 11.3 Å². The van der Waals surface area contributed by atoms with E-state index in [-0.39, 0.29) is 0 Å². The number of carbonyl (C=O) groups is 1. The summed E-state index contributed by atoms with van der Waals surface area (Å²) < 4.78 is 0. The van der Waals surface area contributed by atoms with E-state index < -0.39 is 5.91 Å². The number of amides is 1. The van der Waals surface area contributed by atoms with Crippen molar-refractivity contribution in [3.05, 3.63) is 40.2 Å². The summed E-state index contributed by atoms with van der Waals surface area (Å²) in [6, 6.07) is 9.92. The average Bonchev–Trinajstić information content (AvgIpc) is 2.84. The van der Waals surface area contributed by atoms with Gasteiger partial charge in [0.2, 0.25) is 0 Å². The van der Waals surface area contributed by atoms with E-state index >= 15 is 0 Å². The lowest BCUT2D eigenvalue weighted by Crippen LogP contribution is -2.10. The van der Waals surface area contributed by atoms with Crippen LogP contribution in [0.3, 0.4) is 0 Å². The van der Waals surface area contributed by atoms with Gasteiger partial charge in [-0.1, -0.05) is 44.2 Å². The topological polar surface area (TPSA) is 56.0 Å². The van der Waals surface area contributed by atoms with Crippen LogP contribution in [0.2, 0.25) is 0 Å². The van der Waals surface area contributed by atoms with Crippen molar-refractivity contribution >= 4 is 17.2 Å². The number of aromatic nitrogens is 1. The number of nitrogens with zero attached hydrogens (tertiary/aromatic N) is 1. The zero-order valence-electron chi connectivity index (χ0n) is 10.5. The number of nitrogens with two attached hydrogens (primary N) is 1. The third-order valence-corrected chi connectivity index (χ3v) is 4.27. The fourth-order valence-corrected chi connectivity index (χ4v) is 2.83. The van der Waals surface area contributed by atoms with Crippen molar-refractivity contribution in [2.75, 3.05) is 0 Å². The van der Waals surface area contributed by atoms with E-state index in [0.29, 0.717) is 10.9 Å². The first kappa shape index (κ1) is 12.8. The Hall–Kier alpha value is -1.68. The van der Waals surface area contributed by atoms with Crippen LogP contribution in [0.4, 0.5) is 0 Å². The second-order valence-corrected chi connectivity index (χ2v) is 5.30. The minimum atomic E-state index is -0.452. The molecule has 1 aromatic heterocycles. The number of thiazole rings is 1. The van der Waals surface area contributed by atoms with E-state index in [0.717, 1.165) is 22.6 Å². The molecule has 2 rings (SSSR count). The molecule has 94 valence electrons. The van der Waals surface area contributed by atoms with Gasteiger partial charge < -0.3 is 5.73 Å². The quantitative estimate of drug-likeness (QED) is 0.915. The fraction of sp³-hybridized carbons (Fsp3) is 0.286. The van der Waals surface area contributed by atoms with E-state index in [1.54, 1.807) is 0 Å². The molecule has 18 heavy (non-hydrogen) atoms. The highest BCUT2D eigenvalue weighted by Gasteiger charge is 2.19. The van der Waals surface area contributed by atoms with Crippen molar-refractivity contribution in [1.82, 2.24) is 4.98 Å². The molecule has 2 N–H and O–H groups in total. The van der Waals surface area contributed by atoms with Gasteiger partial charge in [0.25, 0.3) is 5.91 Å². The molecule has 0 saturated heterocycles. The number of hydrogen-bond donors (Lipinski definition) is 1. The van der Waals surface area contributed by atoms with Crippen LogP contribution in [0.15, 0.2) is 30.3 Å². The molecule has 0 aliphatic carbocycles. The Morgan fingerprint density at radius 2 is 2.06 bits per heavy atom. The SMILES string of the molecule is CCC(C)c1sc(C(N)=O)nc1-c1ccccc1. The lowest BCUT2D eigenvalue weighted by Gasteiger charge is -2.08. The molecule has 4 heteroatoms. The van der Waals surface area contributed by atoms with Gasteiger partial charge in [0, 0.05) is 10.4 Å². The van der Waals surface area contributed by atoms with E-state index in [2.05, 4.69) is 18.8 Å². The number of carbonyl (C=O) groups excluding carboxylic acids is 1. The highest BCUT2D eigenvalue weighted by molar-refractivity contribution is 7.14. The number of benzene rings is 1. The lowest BCUT2D eigenvalue weighted by atomic mass is 10.0. The number of primary amides is 1. The molecule has 0 bridgehead atoms. The molecule has 0 aliphatic rings. The van der Waals surface area contributed by atoms with Gasteiger partial charge in [-0.05, 0) is 12.3 Å². The molecule has 0 radical (unpaired) electrons. The first-order chi connectivity index (χ1) is 8.63. The van der Waals surface area contributed by atoms with Gasteiger partial charge in [-0.3, -0.25) is 4.79 Å². The summed E-state index contributed by atoms with van der Waals surface area (Å²) in [5.74, 6) is -0.0717. The van der Waals surface area contributed by atoms with Gasteiger partial charge in [0.1, 0.15) is 0 Å². The predicted molar refractivity (Wildman–Crippen MR) is 74.8 cm³/mol. The molecule has 1 unspecified atom stereocenters. The van der Waals surface area contributed by atoms with Crippen LogP contribution in [0.5, 0.6) is 0 Å². The summed E-state index contributed by atoms with van der Waals surface area (Å²) in [5, 5.41) is 0.393. The molecule has 0 spiro atoms. The molecule has 2 aromatic rings. The summed E-state index contributed by atoms with van der Waals surface area (Å²) >= 11 is 1.41. The van der Waals surface area contributed by atoms with Crippen LogP contribution in [0.1, 0.15) is 40.9 Å². The van der Waals surface area contributed by atoms with Crippen LogP contribution in [0, 0.1) is 0 Å². The van der Waals surface area contributed by atoms with Crippen LogP contribution < -0.4 is 5.73 Å². The lowest BCUT2D eigenvalue weighted by molar-refractivity contribution is 0.1000. The summed E-state index contributed by atoms with van der Waals surface area (Å²) in [6.45, 7) is 4.27. The summed E-state index contributed by atoms with van der Waals surface area (Å²) in [7, 11) is 0. The number of hydrogen-bond acceptors (Lipinski definition) is 3. The minimum Gasteiger partial charge on any atom is -0.364 e. The van der Waals surface area contributed by atoms with Gasteiger partial charge in [-0.2, -0.15) is 0 Å². The van der Waals surface area contributed by atoms with Gasteiger partial charge in [-0.15, -0.1) is 11.3 Å². The first-order valence-electron chi connectivity index (χ1n) is 5.99. The molecule has 0 fully saturated rings. The van der Waals surface area contributed by atoms with Crippen molar-refractivity contribution in [2.45, 2.75) is 26.2 Å². The van der Waals surface area contributed by atoms with E-state index in [1.807, 2.05) is 30.3 Å². The van der Waals surface area contributed by atoms with Crippen LogP contribution in [-0.4, -0.2) is 10.9 Å². The standard InChI is InChI=1S/C14H16N2OS/c1-3-9(2)12-11(10-7-5-4-6-8-10)16-14(18-12)13(15)17/h4-9H,3H2,1-2H3,(H2,15,17). The summed E-state index contributed by atoms with van der Waals surface area (Å²) in [5.41, 5.74) is 7.26. The minimum absolute atomic E-state index is 0.380. The predicted octanol–water partition coefficient (Wildman–Crippen LogP) is 3.42. The summed E-state index contributed by atoms with van der Waals surface area (Å²) in [4.78, 5) is 16.8. The fourth-order valence-electron chi connectivity index (χ4n) is 1.76. The average molecular weight is 260 g/mol. The Balaban J connectivity index is 2.54. The molecule has 3 nitrogen and oxygen atoms in total. The Bertz CT molecular complexity index is 548. The number of rotatable bonds is 4. The van der Waals surface area contributed by atoms with Crippen LogP contribution >= 0.6 is 11.3 Å². The second kappa shape index (κ2) is 5.31. The maximum Gasteiger partial charge on any atom is 0.277 e. The van der Waals surface area contributed by atoms with Gasteiger partial charge in [-0.25, -0.2) is 4.98 Å². The maximum atomic E-state index is 11.3. The largest absolute Gasteiger partial charge is 0.364 e. The Kier molecular flexibility index (Phi) is 3.77. The first-order valence-corrected chi connectivity index (χ1v) is 6.81. The van der Waals surface area contributed by atoms with Crippen LogP contribution in [0.25, 0.3) is 11.3 Å². The van der Waals surface area contributed by atoms with Crippen molar-refractivity contribution in [1.29, 1.82) is 0 Å². The highest BCUT2D eigenvalue weighted by atomic mass is 32.1. The third kappa shape index (κ3) is 2.43. The normalized spacial score (nSPS) is 12.3. The monoisotopic (exact) mass is 260 g/mol. The maximum absolute atomic E-state index is 11.3. The smallest absolute Gasteiger partial charge is 0.277 e. The molecule has 0 aliphatic heterocycles. The Morgan fingerprint density at radius 3 is 2.61 bits per heavy atom. The Morgan fingerprint density at radius 1 is 1.39 bits per heavy atom. The molecular weight excluding hydrogens is 244 g/mol. The van der Waals surface area contributed by atoms with Gasteiger partial charge in [0.05, 0.1) is 5.69 Å². The Labute approximate surface area is 111 Å². The van der Waals surface area contributed by atoms with Crippen molar-refractivity contribution < 1.29 is 4.79 Å². The van der Waals surface area contributed by atoms with Gasteiger partial charge in [0.15, 0.2) is 5.01 Å². The van der Waals surface area contributed by atoms with E-state index in [1.165, 1.54) is 11.3 Å². The van der Waals surface area contributed by atoms with E-state index in [4.69, 9.17) is 5.73 Å². The van der Waals surface area contributed by atoms with Crippen LogP contribution in [-0.2, 0) is 0 Å². The van der Waals surface area contributed by atoms with Gasteiger partial charge >= 0.3 is 0 Å². The molecule has 1 heterocycles. The molecule has 1 aromatic carbocycles. The van der Waals surface area contributed by atoms with Crippen molar-refractivity contribution in [2.24, 2.45) is 5.73 Å². The molecular formula is C14H16N2OS. The zero-order chi connectivity index (χ0) is 13.1. The third-order valence-electron chi connectivity index (χ3n) is 2.97. The second-order valence-electron chi connectivity index (χ2n) is 4.27.